The molecule has 6 heteroatoms. The third kappa shape index (κ3) is 6.03. The number of β-amino-alcohol motifs (C(OH)–C–C–N with tert-alkyl or cyclic N) is 1. The van der Waals surface area contributed by atoms with Crippen molar-refractivity contribution in [1.82, 2.24) is 9.80 Å². The summed E-state index contributed by atoms with van der Waals surface area (Å²) in [4.78, 5) is 17.2. The first-order valence-electron chi connectivity index (χ1n) is 12.6. The number of benzene rings is 1. The third-order valence-electron chi connectivity index (χ3n) is 7.77. The number of hydrogen-bond acceptors (Lipinski definition) is 5. The Kier molecular flexibility index (Phi) is 8.08. The van der Waals surface area contributed by atoms with Crippen LogP contribution in [0.2, 0.25) is 0 Å². The predicted octanol–water partition coefficient (Wildman–Crippen LogP) is 3.31. The summed E-state index contributed by atoms with van der Waals surface area (Å²) in [6.45, 7) is 5.63. The van der Waals surface area contributed by atoms with Gasteiger partial charge in [-0.25, -0.2) is 0 Å². The molecule has 6 nitrogen and oxygen atoms in total. The summed E-state index contributed by atoms with van der Waals surface area (Å²) in [5, 5.41) is 19.3. The van der Waals surface area contributed by atoms with Crippen molar-refractivity contribution in [3.05, 3.63) is 29.8 Å². The molecule has 3 atom stereocenters. The second-order valence-electron chi connectivity index (χ2n) is 10.1. The van der Waals surface area contributed by atoms with Crippen molar-refractivity contribution in [3.63, 3.8) is 0 Å². The normalized spacial score (nSPS) is 25.6. The molecule has 32 heavy (non-hydrogen) atoms. The summed E-state index contributed by atoms with van der Waals surface area (Å²) in [5.41, 5.74) is 0.753. The van der Waals surface area contributed by atoms with Gasteiger partial charge >= 0.3 is 0 Å². The van der Waals surface area contributed by atoms with Crippen LogP contribution in [0.4, 0.5) is 0 Å². The van der Waals surface area contributed by atoms with Crippen LogP contribution in [-0.4, -0.2) is 77.0 Å². The lowest BCUT2D eigenvalue weighted by Crippen LogP contribution is -2.44. The van der Waals surface area contributed by atoms with Gasteiger partial charge in [-0.1, -0.05) is 32.1 Å². The van der Waals surface area contributed by atoms with E-state index in [9.17, 15) is 15.0 Å². The zero-order valence-electron chi connectivity index (χ0n) is 19.5. The Morgan fingerprint density at radius 1 is 0.969 bits per heavy atom. The van der Waals surface area contributed by atoms with E-state index in [2.05, 4.69) is 4.90 Å². The molecule has 0 aromatic heterocycles. The number of aliphatic hydroxyl groups is 2. The van der Waals surface area contributed by atoms with E-state index in [-0.39, 0.29) is 12.0 Å². The zero-order valence-corrected chi connectivity index (χ0v) is 19.5. The zero-order chi connectivity index (χ0) is 22.5. The van der Waals surface area contributed by atoms with E-state index >= 15 is 0 Å². The number of carbonyl (C=O) groups excluding carboxylic acids is 1. The fourth-order valence-electron chi connectivity index (χ4n) is 5.64. The van der Waals surface area contributed by atoms with Gasteiger partial charge in [-0.3, -0.25) is 4.79 Å². The van der Waals surface area contributed by atoms with Crippen LogP contribution >= 0.6 is 0 Å². The first-order chi connectivity index (χ1) is 15.5. The van der Waals surface area contributed by atoms with E-state index in [0.717, 1.165) is 62.7 Å². The lowest BCUT2D eigenvalue weighted by atomic mass is 9.80. The predicted molar refractivity (Wildman–Crippen MR) is 125 cm³/mol. The SMILES string of the molecule is CC(O)C(O)CN1CCC(Oc2ccc(C(=O)N3CCC(C4CCCCC4)C3)cc2)CC1. The van der Waals surface area contributed by atoms with E-state index in [1.807, 2.05) is 29.2 Å². The number of amides is 1. The molecule has 1 aliphatic carbocycles. The molecule has 178 valence electrons. The number of likely N-dealkylation sites (tertiary alicyclic amines) is 2. The average Bonchev–Trinajstić information content (AvgIpc) is 3.31. The van der Waals surface area contributed by atoms with Gasteiger partial charge in [0.15, 0.2) is 0 Å². The van der Waals surface area contributed by atoms with Gasteiger partial charge in [-0.2, -0.15) is 0 Å². The first-order valence-corrected chi connectivity index (χ1v) is 12.6. The summed E-state index contributed by atoms with van der Waals surface area (Å²) < 4.78 is 6.15. The van der Waals surface area contributed by atoms with E-state index in [4.69, 9.17) is 4.74 Å². The van der Waals surface area contributed by atoms with Gasteiger partial charge in [0.1, 0.15) is 11.9 Å². The standard InChI is InChI=1S/C26H40N2O4/c1-19(29)25(30)18-27-14-12-24(13-15-27)32-23-9-7-21(8-10-23)26(31)28-16-11-22(17-28)20-5-3-2-4-6-20/h7-10,19-20,22,24-25,29-30H,2-6,11-18H2,1H3. The van der Waals surface area contributed by atoms with Gasteiger partial charge in [-0.15, -0.1) is 0 Å². The molecule has 2 heterocycles. The molecular formula is C26H40N2O4. The number of rotatable bonds is 7. The van der Waals surface area contributed by atoms with Crippen LogP contribution in [0.3, 0.4) is 0 Å². The Labute approximate surface area is 192 Å². The van der Waals surface area contributed by atoms with Crippen LogP contribution in [0.25, 0.3) is 0 Å². The van der Waals surface area contributed by atoms with Gasteiger partial charge in [0.2, 0.25) is 0 Å². The van der Waals surface area contributed by atoms with Crippen molar-refractivity contribution in [2.24, 2.45) is 11.8 Å². The lowest BCUT2D eigenvalue weighted by molar-refractivity contribution is -0.00397. The molecule has 0 spiro atoms. The van der Waals surface area contributed by atoms with Crippen LogP contribution in [0.1, 0.15) is 68.6 Å². The molecule has 1 aromatic carbocycles. The molecule has 3 fully saturated rings. The first kappa shape index (κ1) is 23.5. The second kappa shape index (κ2) is 11.0. The molecule has 3 unspecified atom stereocenters. The van der Waals surface area contributed by atoms with Crippen LogP contribution < -0.4 is 4.74 Å². The molecule has 1 amide bonds. The number of carbonyl (C=O) groups is 1. The molecule has 2 aliphatic heterocycles. The Bertz CT molecular complexity index is 724. The summed E-state index contributed by atoms with van der Waals surface area (Å²) in [5.74, 6) is 2.47. The number of ether oxygens (including phenoxy) is 1. The fourth-order valence-corrected chi connectivity index (χ4v) is 5.64. The van der Waals surface area contributed by atoms with Gasteiger partial charge in [0, 0.05) is 38.3 Å². The maximum Gasteiger partial charge on any atom is 0.253 e. The highest BCUT2D eigenvalue weighted by atomic mass is 16.5. The Morgan fingerprint density at radius 3 is 2.31 bits per heavy atom. The minimum absolute atomic E-state index is 0.145. The lowest BCUT2D eigenvalue weighted by Gasteiger charge is -2.33. The van der Waals surface area contributed by atoms with Crippen LogP contribution in [-0.2, 0) is 0 Å². The summed E-state index contributed by atoms with van der Waals surface area (Å²) >= 11 is 0. The monoisotopic (exact) mass is 444 g/mol. The van der Waals surface area contributed by atoms with Crippen molar-refractivity contribution in [3.8, 4) is 5.75 Å². The molecule has 1 aromatic rings. The van der Waals surface area contributed by atoms with Crippen molar-refractivity contribution < 1.29 is 19.7 Å². The number of hydrogen-bond donors (Lipinski definition) is 2. The molecule has 0 radical (unpaired) electrons. The van der Waals surface area contributed by atoms with Gasteiger partial charge in [-0.05, 0) is 62.3 Å². The molecule has 2 N–H and O–H groups in total. The van der Waals surface area contributed by atoms with Crippen LogP contribution in [0.5, 0.6) is 5.75 Å². The van der Waals surface area contributed by atoms with Crippen molar-refractivity contribution in [2.75, 3.05) is 32.7 Å². The molecule has 0 bridgehead atoms. The van der Waals surface area contributed by atoms with Gasteiger partial charge < -0.3 is 24.7 Å². The Hall–Kier alpha value is -1.63. The minimum Gasteiger partial charge on any atom is -0.490 e. The van der Waals surface area contributed by atoms with Crippen molar-refractivity contribution >= 4 is 5.91 Å². The highest BCUT2D eigenvalue weighted by Gasteiger charge is 2.32. The van der Waals surface area contributed by atoms with Gasteiger partial charge in [0.05, 0.1) is 12.2 Å². The summed E-state index contributed by atoms with van der Waals surface area (Å²) in [6, 6.07) is 7.65. The highest BCUT2D eigenvalue weighted by molar-refractivity contribution is 5.94. The Balaban J connectivity index is 1.23. The highest BCUT2D eigenvalue weighted by Crippen LogP contribution is 2.35. The summed E-state index contributed by atoms with van der Waals surface area (Å²) in [7, 11) is 0. The molecular weight excluding hydrogens is 404 g/mol. The molecule has 2 saturated heterocycles. The van der Waals surface area contributed by atoms with E-state index < -0.39 is 12.2 Å². The summed E-state index contributed by atoms with van der Waals surface area (Å²) in [6.07, 6.45) is 8.47. The maximum atomic E-state index is 13.0. The van der Waals surface area contributed by atoms with Crippen molar-refractivity contribution in [2.45, 2.75) is 76.6 Å². The number of nitrogens with zero attached hydrogens (tertiary/aromatic N) is 2. The van der Waals surface area contributed by atoms with Crippen LogP contribution in [0.15, 0.2) is 24.3 Å². The molecule has 4 rings (SSSR count). The van der Waals surface area contributed by atoms with Crippen molar-refractivity contribution in [1.29, 1.82) is 0 Å². The minimum atomic E-state index is -0.705. The Morgan fingerprint density at radius 2 is 1.66 bits per heavy atom. The third-order valence-corrected chi connectivity index (χ3v) is 7.77. The van der Waals surface area contributed by atoms with E-state index in [1.54, 1.807) is 6.92 Å². The number of piperidine rings is 1. The number of aliphatic hydroxyl groups excluding tert-OH is 2. The smallest absolute Gasteiger partial charge is 0.253 e. The molecule has 3 aliphatic rings. The fraction of sp³-hybridized carbons (Fsp3) is 0.731. The van der Waals surface area contributed by atoms with E-state index in [0.29, 0.717) is 12.5 Å². The topological polar surface area (TPSA) is 73.2 Å². The largest absolute Gasteiger partial charge is 0.490 e. The maximum absolute atomic E-state index is 13.0. The van der Waals surface area contributed by atoms with Gasteiger partial charge in [0.25, 0.3) is 5.91 Å². The average molecular weight is 445 g/mol. The van der Waals surface area contributed by atoms with E-state index in [1.165, 1.54) is 32.1 Å². The second-order valence-corrected chi connectivity index (χ2v) is 10.1. The van der Waals surface area contributed by atoms with Crippen LogP contribution in [0, 0.1) is 11.8 Å². The quantitative estimate of drug-likeness (QED) is 0.675. The molecule has 1 saturated carbocycles.